The Morgan fingerprint density at radius 3 is 3.00 bits per heavy atom. The second kappa shape index (κ2) is 4.37. The summed E-state index contributed by atoms with van der Waals surface area (Å²) in [7, 11) is 0. The van der Waals surface area contributed by atoms with Crippen LogP contribution in [-0.4, -0.2) is 48.5 Å². The number of aromatic nitrogens is 4. The normalized spacial score (nSPS) is 27.2. The van der Waals surface area contributed by atoms with Crippen LogP contribution < -0.4 is 5.73 Å². The Labute approximate surface area is 106 Å². The standard InChI is InChI=1S/C10H12FN5O3/c11-10-14-7(12)6-8(15-10)16(3-13-6)9-5(18)1-4(2-17)19-9/h3-5,9,17-18H,1-2H2,(H2,12,14,15)/t4-,5-,9+/m0/s1. The van der Waals surface area contributed by atoms with Crippen molar-refractivity contribution < 1.29 is 19.3 Å². The van der Waals surface area contributed by atoms with Gasteiger partial charge in [0.2, 0.25) is 0 Å². The van der Waals surface area contributed by atoms with E-state index in [1.807, 2.05) is 0 Å². The van der Waals surface area contributed by atoms with Gasteiger partial charge in [0.05, 0.1) is 19.0 Å². The number of imidazole rings is 1. The molecular formula is C10H12FN5O3. The molecular weight excluding hydrogens is 257 g/mol. The van der Waals surface area contributed by atoms with Gasteiger partial charge in [-0.3, -0.25) is 4.57 Å². The fourth-order valence-corrected chi connectivity index (χ4v) is 2.19. The molecule has 19 heavy (non-hydrogen) atoms. The summed E-state index contributed by atoms with van der Waals surface area (Å²) in [6.45, 7) is -0.203. The minimum absolute atomic E-state index is 0.0764. The molecule has 0 saturated carbocycles. The van der Waals surface area contributed by atoms with Crippen molar-refractivity contribution in [2.75, 3.05) is 12.3 Å². The largest absolute Gasteiger partial charge is 0.394 e. The highest BCUT2D eigenvalue weighted by atomic mass is 19.1. The quantitative estimate of drug-likeness (QED) is 0.610. The van der Waals surface area contributed by atoms with Gasteiger partial charge in [0.25, 0.3) is 0 Å². The molecule has 0 amide bonds. The number of aliphatic hydroxyl groups excluding tert-OH is 2. The lowest BCUT2D eigenvalue weighted by Crippen LogP contribution is -2.19. The van der Waals surface area contributed by atoms with Gasteiger partial charge in [-0.25, -0.2) is 4.98 Å². The molecule has 0 spiro atoms. The number of nitrogens with zero attached hydrogens (tertiary/aromatic N) is 4. The summed E-state index contributed by atoms with van der Waals surface area (Å²) in [5.41, 5.74) is 5.93. The van der Waals surface area contributed by atoms with Crippen LogP contribution in [-0.2, 0) is 4.74 Å². The Kier molecular flexibility index (Phi) is 2.81. The number of halogens is 1. The van der Waals surface area contributed by atoms with Gasteiger partial charge in [0, 0.05) is 6.42 Å². The number of nitrogen functional groups attached to an aromatic ring is 1. The maximum atomic E-state index is 13.2. The summed E-state index contributed by atoms with van der Waals surface area (Å²) in [5.74, 6) is -0.0764. The van der Waals surface area contributed by atoms with E-state index in [0.29, 0.717) is 0 Å². The van der Waals surface area contributed by atoms with Gasteiger partial charge >= 0.3 is 6.08 Å². The Morgan fingerprint density at radius 2 is 2.32 bits per heavy atom. The van der Waals surface area contributed by atoms with Crippen LogP contribution in [0.3, 0.4) is 0 Å². The van der Waals surface area contributed by atoms with E-state index in [0.717, 1.165) is 0 Å². The molecule has 1 saturated heterocycles. The lowest BCUT2D eigenvalue weighted by atomic mass is 10.2. The summed E-state index contributed by atoms with van der Waals surface area (Å²) < 4.78 is 20.0. The van der Waals surface area contributed by atoms with E-state index in [1.54, 1.807) is 0 Å². The van der Waals surface area contributed by atoms with Gasteiger partial charge in [-0.1, -0.05) is 0 Å². The highest BCUT2D eigenvalue weighted by Crippen LogP contribution is 2.31. The highest BCUT2D eigenvalue weighted by molar-refractivity contribution is 5.81. The number of fused-ring (bicyclic) bond motifs is 1. The van der Waals surface area contributed by atoms with Gasteiger partial charge in [0.15, 0.2) is 23.2 Å². The summed E-state index contributed by atoms with van der Waals surface area (Å²) in [4.78, 5) is 11.0. The monoisotopic (exact) mass is 269 g/mol. The molecule has 0 unspecified atom stereocenters. The molecule has 1 fully saturated rings. The molecule has 2 aromatic heterocycles. The van der Waals surface area contributed by atoms with Crippen LogP contribution in [0.5, 0.6) is 0 Å². The molecule has 3 rings (SSSR count). The number of ether oxygens (including phenoxy) is 1. The van der Waals surface area contributed by atoms with Gasteiger partial charge in [-0.15, -0.1) is 0 Å². The Balaban J connectivity index is 2.06. The number of aliphatic hydroxyl groups is 2. The maximum absolute atomic E-state index is 13.2. The van der Waals surface area contributed by atoms with E-state index in [9.17, 15) is 9.50 Å². The third-order valence-electron chi connectivity index (χ3n) is 3.06. The predicted molar refractivity (Wildman–Crippen MR) is 61.3 cm³/mol. The number of hydrogen-bond donors (Lipinski definition) is 3. The van der Waals surface area contributed by atoms with Crippen LogP contribution in [0.15, 0.2) is 6.33 Å². The van der Waals surface area contributed by atoms with Crippen molar-refractivity contribution in [3.63, 3.8) is 0 Å². The van der Waals surface area contributed by atoms with E-state index in [2.05, 4.69) is 15.0 Å². The molecule has 1 aliphatic rings. The minimum atomic E-state index is -0.974. The summed E-state index contributed by atoms with van der Waals surface area (Å²) in [6.07, 6.45) is -1.43. The SMILES string of the molecule is Nc1nc(F)nc2c1ncn2[C@@H]1O[C@H](CO)C[C@@H]1O. The van der Waals surface area contributed by atoms with Gasteiger partial charge in [-0.2, -0.15) is 14.4 Å². The number of rotatable bonds is 2. The predicted octanol–water partition coefficient (Wildman–Crippen LogP) is -0.812. The lowest BCUT2D eigenvalue weighted by molar-refractivity contribution is -0.0487. The van der Waals surface area contributed by atoms with Gasteiger partial charge in [0.1, 0.15) is 6.10 Å². The van der Waals surface area contributed by atoms with Crippen molar-refractivity contribution in [1.82, 2.24) is 19.5 Å². The first kappa shape index (κ1) is 12.2. The summed E-state index contributed by atoms with van der Waals surface area (Å²) in [5, 5.41) is 18.9. The molecule has 8 nitrogen and oxygen atoms in total. The van der Waals surface area contributed by atoms with Gasteiger partial charge < -0.3 is 20.7 Å². The molecule has 0 radical (unpaired) electrons. The van der Waals surface area contributed by atoms with Crippen LogP contribution in [0.25, 0.3) is 11.2 Å². The molecule has 0 aromatic carbocycles. The molecule has 0 bridgehead atoms. The molecule has 0 aliphatic carbocycles. The van der Waals surface area contributed by atoms with Crippen molar-refractivity contribution in [1.29, 1.82) is 0 Å². The van der Waals surface area contributed by atoms with E-state index >= 15 is 0 Å². The topological polar surface area (TPSA) is 119 Å². The van der Waals surface area contributed by atoms with Crippen LogP contribution in [0.4, 0.5) is 10.2 Å². The van der Waals surface area contributed by atoms with Gasteiger partial charge in [-0.05, 0) is 0 Å². The van der Waals surface area contributed by atoms with Crippen molar-refractivity contribution in [2.45, 2.75) is 24.9 Å². The molecule has 102 valence electrons. The fourth-order valence-electron chi connectivity index (χ4n) is 2.19. The first-order valence-corrected chi connectivity index (χ1v) is 5.70. The third-order valence-corrected chi connectivity index (χ3v) is 3.06. The highest BCUT2D eigenvalue weighted by Gasteiger charge is 2.36. The van der Waals surface area contributed by atoms with Crippen LogP contribution in [0.1, 0.15) is 12.6 Å². The number of anilines is 1. The minimum Gasteiger partial charge on any atom is -0.394 e. The Morgan fingerprint density at radius 1 is 1.53 bits per heavy atom. The smallest absolute Gasteiger partial charge is 0.312 e. The molecule has 4 N–H and O–H groups in total. The Hall–Kier alpha value is -1.84. The lowest BCUT2D eigenvalue weighted by Gasteiger charge is -2.16. The zero-order valence-corrected chi connectivity index (χ0v) is 9.77. The first-order valence-electron chi connectivity index (χ1n) is 5.70. The average molecular weight is 269 g/mol. The van der Waals surface area contributed by atoms with Crippen molar-refractivity contribution >= 4 is 17.0 Å². The molecule has 3 atom stereocenters. The van der Waals surface area contributed by atoms with Crippen LogP contribution in [0.2, 0.25) is 0 Å². The summed E-state index contributed by atoms with van der Waals surface area (Å²) in [6, 6.07) is 0. The first-order chi connectivity index (χ1) is 9.10. The van der Waals surface area contributed by atoms with Crippen molar-refractivity contribution in [3.8, 4) is 0 Å². The molecule has 3 heterocycles. The molecule has 9 heteroatoms. The van der Waals surface area contributed by atoms with Crippen LogP contribution in [0, 0.1) is 6.08 Å². The second-order valence-electron chi connectivity index (χ2n) is 4.34. The average Bonchev–Trinajstić information content (AvgIpc) is 2.92. The Bertz CT molecular complexity index is 618. The second-order valence-corrected chi connectivity index (χ2v) is 4.34. The van der Waals surface area contributed by atoms with E-state index in [-0.39, 0.29) is 30.0 Å². The number of nitrogens with two attached hydrogens (primary N) is 1. The van der Waals surface area contributed by atoms with Crippen LogP contribution >= 0.6 is 0 Å². The number of hydrogen-bond acceptors (Lipinski definition) is 7. The maximum Gasteiger partial charge on any atom is 0.312 e. The zero-order valence-electron chi connectivity index (χ0n) is 9.77. The van der Waals surface area contributed by atoms with E-state index < -0.39 is 24.5 Å². The third kappa shape index (κ3) is 1.91. The fraction of sp³-hybridized carbons (Fsp3) is 0.500. The van der Waals surface area contributed by atoms with E-state index in [4.69, 9.17) is 15.6 Å². The van der Waals surface area contributed by atoms with Crippen molar-refractivity contribution in [3.05, 3.63) is 12.4 Å². The zero-order chi connectivity index (χ0) is 13.6. The summed E-state index contributed by atoms with van der Waals surface area (Å²) >= 11 is 0. The van der Waals surface area contributed by atoms with Crippen molar-refractivity contribution in [2.24, 2.45) is 0 Å². The van der Waals surface area contributed by atoms with E-state index in [1.165, 1.54) is 10.9 Å². The molecule has 1 aliphatic heterocycles. The molecule has 2 aromatic rings.